The van der Waals surface area contributed by atoms with E-state index in [1.54, 1.807) is 6.07 Å². The quantitative estimate of drug-likeness (QED) is 0.784. The molecule has 0 saturated heterocycles. The maximum Gasteiger partial charge on any atom is 0.278 e. The van der Waals surface area contributed by atoms with E-state index in [-0.39, 0.29) is 5.91 Å². The Balaban J connectivity index is 3.07. The van der Waals surface area contributed by atoms with Crippen molar-refractivity contribution < 1.29 is 14.4 Å². The number of halogens is 1. The zero-order chi connectivity index (χ0) is 11.4. The van der Waals surface area contributed by atoms with E-state index < -0.39 is 0 Å². The minimum atomic E-state index is -0.273. The molecular weight excluding hydrogens is 264 g/mol. The number of rotatable bonds is 3. The fraction of sp³-hybridized carbons (Fsp3) is 0.333. The normalized spacial score (nSPS) is 9.87. The Morgan fingerprint density at radius 1 is 1.53 bits per heavy atom. The summed E-state index contributed by atoms with van der Waals surface area (Å²) in [5.41, 5.74) is 0.436. The van der Waals surface area contributed by atoms with Gasteiger partial charge in [-0.3, -0.25) is 9.63 Å². The highest BCUT2D eigenvalue weighted by Gasteiger charge is 2.16. The molecule has 0 radical (unpaired) electrons. The van der Waals surface area contributed by atoms with Gasteiger partial charge in [0.2, 0.25) is 5.88 Å². The van der Waals surface area contributed by atoms with Crippen LogP contribution in [0.15, 0.2) is 16.7 Å². The summed E-state index contributed by atoms with van der Waals surface area (Å²) in [5.74, 6) is 0.108. The molecule has 1 aromatic rings. The lowest BCUT2D eigenvalue weighted by molar-refractivity contribution is -0.0757. The molecule has 0 N–H and O–H groups in total. The monoisotopic (exact) mass is 274 g/mol. The first-order valence-electron chi connectivity index (χ1n) is 4.11. The van der Waals surface area contributed by atoms with E-state index in [1.165, 1.54) is 27.5 Å². The molecule has 82 valence electrons. The minimum absolute atomic E-state index is 0.273. The summed E-state index contributed by atoms with van der Waals surface area (Å²) in [6.45, 7) is 0. The van der Waals surface area contributed by atoms with Crippen LogP contribution in [0.5, 0.6) is 5.88 Å². The van der Waals surface area contributed by atoms with E-state index in [9.17, 15) is 4.79 Å². The van der Waals surface area contributed by atoms with E-state index in [4.69, 9.17) is 9.57 Å². The van der Waals surface area contributed by atoms with Gasteiger partial charge >= 0.3 is 0 Å². The Kier molecular flexibility index (Phi) is 4.05. The zero-order valence-electron chi connectivity index (χ0n) is 8.65. The van der Waals surface area contributed by atoms with E-state index in [2.05, 4.69) is 20.9 Å². The highest BCUT2D eigenvalue weighted by molar-refractivity contribution is 9.10. The highest BCUT2D eigenvalue weighted by Crippen LogP contribution is 2.20. The van der Waals surface area contributed by atoms with Gasteiger partial charge in [-0.25, -0.2) is 10.0 Å². The van der Waals surface area contributed by atoms with Crippen LogP contribution in [0.1, 0.15) is 10.4 Å². The van der Waals surface area contributed by atoms with Crippen molar-refractivity contribution in [3.05, 3.63) is 22.3 Å². The number of carbonyl (C=O) groups is 1. The second-order valence-electron chi connectivity index (χ2n) is 2.69. The molecular formula is C9H11BrN2O3. The molecule has 0 aliphatic heterocycles. The number of hydroxylamine groups is 2. The van der Waals surface area contributed by atoms with Crippen LogP contribution >= 0.6 is 15.9 Å². The number of methoxy groups -OCH3 is 1. The molecule has 0 spiro atoms. The lowest BCUT2D eigenvalue weighted by Gasteiger charge is -2.14. The fourth-order valence-corrected chi connectivity index (χ4v) is 1.33. The summed E-state index contributed by atoms with van der Waals surface area (Å²) in [4.78, 5) is 20.5. The Hall–Kier alpha value is -1.14. The van der Waals surface area contributed by atoms with Gasteiger partial charge in [0.05, 0.1) is 19.8 Å². The molecule has 1 rings (SSSR count). The summed E-state index contributed by atoms with van der Waals surface area (Å²) in [6, 6.07) is 1.54. The van der Waals surface area contributed by atoms with Crippen molar-refractivity contribution in [2.45, 2.75) is 0 Å². The average Bonchev–Trinajstić information content (AvgIpc) is 2.27. The largest absolute Gasteiger partial charge is 0.481 e. The first kappa shape index (κ1) is 11.9. The van der Waals surface area contributed by atoms with Crippen LogP contribution in [0, 0.1) is 0 Å². The van der Waals surface area contributed by atoms with Gasteiger partial charge < -0.3 is 4.74 Å². The number of amides is 1. The molecule has 6 heteroatoms. The van der Waals surface area contributed by atoms with E-state index in [1.807, 2.05) is 0 Å². The number of hydrogen-bond acceptors (Lipinski definition) is 4. The third-order valence-corrected chi connectivity index (χ3v) is 2.46. The number of pyridine rings is 1. The maximum absolute atomic E-state index is 11.8. The molecule has 0 aliphatic carbocycles. The number of aromatic nitrogens is 1. The summed E-state index contributed by atoms with van der Waals surface area (Å²) in [5, 5.41) is 1.12. The predicted octanol–water partition coefficient (Wildman–Crippen LogP) is 1.49. The molecule has 0 aromatic carbocycles. The lowest BCUT2D eigenvalue weighted by Crippen LogP contribution is -2.25. The van der Waals surface area contributed by atoms with Gasteiger partial charge in [0, 0.05) is 23.8 Å². The molecule has 5 nitrogen and oxygen atoms in total. The summed E-state index contributed by atoms with van der Waals surface area (Å²) in [6.07, 6.45) is 1.51. The molecule has 15 heavy (non-hydrogen) atoms. The van der Waals surface area contributed by atoms with Crippen LogP contribution in [0.2, 0.25) is 0 Å². The van der Waals surface area contributed by atoms with Crippen LogP contribution in [0.25, 0.3) is 0 Å². The van der Waals surface area contributed by atoms with E-state index in [0.717, 1.165) is 5.06 Å². The maximum atomic E-state index is 11.8. The van der Waals surface area contributed by atoms with Crippen molar-refractivity contribution >= 4 is 21.8 Å². The highest BCUT2D eigenvalue weighted by atomic mass is 79.9. The molecule has 1 heterocycles. The van der Waals surface area contributed by atoms with Gasteiger partial charge in [-0.1, -0.05) is 0 Å². The number of carbonyl (C=O) groups excluding carboxylic acids is 1. The first-order valence-corrected chi connectivity index (χ1v) is 4.91. The average molecular weight is 275 g/mol. The topological polar surface area (TPSA) is 51.7 Å². The van der Waals surface area contributed by atoms with Crippen molar-refractivity contribution in [3.8, 4) is 5.88 Å². The van der Waals surface area contributed by atoms with Crippen LogP contribution in [-0.2, 0) is 4.84 Å². The molecule has 1 aromatic heterocycles. The van der Waals surface area contributed by atoms with Gasteiger partial charge in [0.15, 0.2) is 0 Å². The minimum Gasteiger partial charge on any atom is -0.481 e. The van der Waals surface area contributed by atoms with Gasteiger partial charge in [-0.2, -0.15) is 0 Å². The van der Waals surface area contributed by atoms with Crippen LogP contribution in [-0.4, -0.2) is 37.2 Å². The predicted molar refractivity (Wildman–Crippen MR) is 57.6 cm³/mol. The summed E-state index contributed by atoms with van der Waals surface area (Å²) < 4.78 is 5.52. The van der Waals surface area contributed by atoms with Crippen molar-refractivity contribution in [2.24, 2.45) is 0 Å². The molecule has 0 aliphatic rings. The number of hydrogen-bond donors (Lipinski definition) is 0. The van der Waals surface area contributed by atoms with E-state index >= 15 is 0 Å². The Morgan fingerprint density at radius 3 is 2.73 bits per heavy atom. The second-order valence-corrected chi connectivity index (χ2v) is 3.55. The molecule has 1 amide bonds. The summed E-state index contributed by atoms with van der Waals surface area (Å²) in [7, 11) is 4.44. The van der Waals surface area contributed by atoms with Crippen molar-refractivity contribution in [2.75, 3.05) is 21.3 Å². The smallest absolute Gasteiger partial charge is 0.278 e. The fourth-order valence-electron chi connectivity index (χ4n) is 0.948. The third kappa shape index (κ3) is 2.66. The third-order valence-electron chi connectivity index (χ3n) is 1.83. The van der Waals surface area contributed by atoms with Crippen molar-refractivity contribution in [1.29, 1.82) is 0 Å². The van der Waals surface area contributed by atoms with Crippen LogP contribution in [0.4, 0.5) is 0 Å². The van der Waals surface area contributed by atoms with E-state index in [0.29, 0.717) is 15.9 Å². The van der Waals surface area contributed by atoms with Gasteiger partial charge in [0.1, 0.15) is 0 Å². The molecule has 0 bridgehead atoms. The van der Waals surface area contributed by atoms with Crippen LogP contribution < -0.4 is 4.74 Å². The molecule has 0 unspecified atom stereocenters. The van der Waals surface area contributed by atoms with Crippen LogP contribution in [0.3, 0.4) is 0 Å². The zero-order valence-corrected chi connectivity index (χ0v) is 10.2. The van der Waals surface area contributed by atoms with Crippen molar-refractivity contribution in [3.63, 3.8) is 0 Å². The second kappa shape index (κ2) is 5.09. The summed E-state index contributed by atoms with van der Waals surface area (Å²) >= 11 is 3.24. The lowest BCUT2D eigenvalue weighted by atomic mass is 10.2. The SMILES string of the molecule is COc1cc(C(=O)N(C)OC)c(Br)cn1. The Labute approximate surface area is 96.1 Å². The first-order chi connectivity index (χ1) is 7.10. The Bertz CT molecular complexity index is 370. The van der Waals surface area contributed by atoms with Gasteiger partial charge in [-0.05, 0) is 15.9 Å². The van der Waals surface area contributed by atoms with Gasteiger partial charge in [0.25, 0.3) is 5.91 Å². The standard InChI is InChI=1S/C9H11BrN2O3/c1-12(15-3)9(13)6-4-8(14-2)11-5-7(6)10/h4-5H,1-3H3. The molecule has 0 atom stereocenters. The number of nitrogens with zero attached hydrogens (tertiary/aromatic N) is 2. The Morgan fingerprint density at radius 2 is 2.20 bits per heavy atom. The molecule has 0 fully saturated rings. The van der Waals surface area contributed by atoms with Gasteiger partial charge in [-0.15, -0.1) is 0 Å². The molecule has 0 saturated carbocycles. The van der Waals surface area contributed by atoms with Crippen molar-refractivity contribution in [1.82, 2.24) is 10.0 Å². The number of ether oxygens (including phenoxy) is 1.